The van der Waals surface area contributed by atoms with Crippen LogP contribution >= 0.6 is 11.8 Å². The summed E-state index contributed by atoms with van der Waals surface area (Å²) in [5.41, 5.74) is 2.77. The molecular weight excluding hydrogens is 202 g/mol. The van der Waals surface area contributed by atoms with Crippen molar-refractivity contribution < 1.29 is 0 Å². The summed E-state index contributed by atoms with van der Waals surface area (Å²) < 4.78 is 0. The highest BCUT2D eigenvalue weighted by atomic mass is 32.2. The van der Waals surface area contributed by atoms with Crippen molar-refractivity contribution >= 4 is 11.8 Å². The fourth-order valence-corrected chi connectivity index (χ4v) is 1.84. The first-order valence-electron chi connectivity index (χ1n) is 5.33. The highest BCUT2D eigenvalue weighted by molar-refractivity contribution is 8.03. The monoisotopic (exact) mass is 219 g/mol. The summed E-state index contributed by atoms with van der Waals surface area (Å²) >= 11 is 1.34. The molecule has 0 aliphatic carbocycles. The predicted molar refractivity (Wildman–Crippen MR) is 66.9 cm³/mol. The quantitative estimate of drug-likeness (QED) is 0.553. The van der Waals surface area contributed by atoms with Gasteiger partial charge in [-0.25, -0.2) is 0 Å². The molecule has 1 aromatic rings. The second-order valence-electron chi connectivity index (χ2n) is 3.94. The third-order valence-electron chi connectivity index (χ3n) is 2.42. The minimum absolute atomic E-state index is 0.605. The summed E-state index contributed by atoms with van der Waals surface area (Å²) in [6.45, 7) is 4.41. The van der Waals surface area contributed by atoms with Crippen LogP contribution in [0.25, 0.3) is 0 Å². The molecule has 0 N–H and O–H groups in total. The molecule has 0 aliphatic heterocycles. The molecule has 15 heavy (non-hydrogen) atoms. The summed E-state index contributed by atoms with van der Waals surface area (Å²) in [4.78, 5) is 0. The van der Waals surface area contributed by atoms with Crippen LogP contribution < -0.4 is 0 Å². The first kappa shape index (κ1) is 12.1. The first-order valence-corrected chi connectivity index (χ1v) is 6.32. The van der Waals surface area contributed by atoms with E-state index in [-0.39, 0.29) is 0 Å². The molecule has 0 bridgehead atoms. The van der Waals surface area contributed by atoms with Crippen LogP contribution in [0.3, 0.4) is 0 Å². The molecular formula is C13H17NS. The summed E-state index contributed by atoms with van der Waals surface area (Å²) in [6.07, 6.45) is 2.16. The maximum Gasteiger partial charge on any atom is 0.133 e. The number of nitriles is 1. The van der Waals surface area contributed by atoms with Crippen molar-refractivity contribution in [1.29, 1.82) is 5.26 Å². The second kappa shape index (κ2) is 6.53. The Morgan fingerprint density at radius 1 is 1.27 bits per heavy atom. The lowest BCUT2D eigenvalue weighted by atomic mass is 10.0. The second-order valence-corrected chi connectivity index (χ2v) is 4.82. The minimum Gasteiger partial charge on any atom is -0.185 e. The van der Waals surface area contributed by atoms with Gasteiger partial charge in [-0.1, -0.05) is 38.1 Å². The van der Waals surface area contributed by atoms with Crippen LogP contribution in [0.15, 0.2) is 24.3 Å². The molecule has 0 radical (unpaired) electrons. The normalized spacial score (nSPS) is 10.3. The molecule has 0 fully saturated rings. The van der Waals surface area contributed by atoms with Crippen molar-refractivity contribution in [1.82, 2.24) is 0 Å². The van der Waals surface area contributed by atoms with Gasteiger partial charge >= 0.3 is 0 Å². The Kier molecular flexibility index (Phi) is 5.28. The van der Waals surface area contributed by atoms with E-state index in [1.54, 1.807) is 0 Å². The number of thioether (sulfide) groups is 1. The Morgan fingerprint density at radius 3 is 2.47 bits per heavy atom. The molecule has 0 unspecified atom stereocenters. The Morgan fingerprint density at radius 2 is 1.93 bits per heavy atom. The Hall–Kier alpha value is -0.940. The Labute approximate surface area is 96.5 Å². The van der Waals surface area contributed by atoms with Crippen molar-refractivity contribution in [3.05, 3.63) is 35.4 Å². The lowest BCUT2D eigenvalue weighted by molar-refractivity contribution is 0.861. The van der Waals surface area contributed by atoms with Crippen LogP contribution in [0.2, 0.25) is 0 Å². The van der Waals surface area contributed by atoms with Crippen molar-refractivity contribution in [2.24, 2.45) is 0 Å². The van der Waals surface area contributed by atoms with Gasteiger partial charge in [-0.15, -0.1) is 0 Å². The summed E-state index contributed by atoms with van der Waals surface area (Å²) in [7, 11) is 0. The van der Waals surface area contributed by atoms with Crippen LogP contribution in [-0.4, -0.2) is 5.75 Å². The van der Waals surface area contributed by atoms with E-state index in [9.17, 15) is 0 Å². The average Bonchev–Trinajstić information content (AvgIpc) is 2.25. The molecule has 80 valence electrons. The molecule has 0 spiro atoms. The van der Waals surface area contributed by atoms with E-state index in [0.29, 0.717) is 5.92 Å². The molecule has 0 saturated heterocycles. The Bertz CT molecular complexity index is 321. The van der Waals surface area contributed by atoms with Gasteiger partial charge in [-0.2, -0.15) is 5.26 Å². The van der Waals surface area contributed by atoms with E-state index in [1.165, 1.54) is 22.9 Å². The fraction of sp³-hybridized carbons (Fsp3) is 0.462. The van der Waals surface area contributed by atoms with E-state index in [1.807, 2.05) is 0 Å². The van der Waals surface area contributed by atoms with Gasteiger partial charge in [0.25, 0.3) is 0 Å². The Balaban J connectivity index is 2.40. The van der Waals surface area contributed by atoms with Crippen LogP contribution in [-0.2, 0) is 6.42 Å². The van der Waals surface area contributed by atoms with Gasteiger partial charge in [0.2, 0.25) is 0 Å². The van der Waals surface area contributed by atoms with Crippen LogP contribution in [0.4, 0.5) is 0 Å². The molecule has 0 saturated carbocycles. The van der Waals surface area contributed by atoms with E-state index >= 15 is 0 Å². The van der Waals surface area contributed by atoms with Gasteiger partial charge in [0.1, 0.15) is 5.40 Å². The number of benzene rings is 1. The highest BCUT2D eigenvalue weighted by Crippen LogP contribution is 2.15. The summed E-state index contributed by atoms with van der Waals surface area (Å²) in [5.74, 6) is 1.54. The van der Waals surface area contributed by atoms with Gasteiger partial charge in [0.15, 0.2) is 0 Å². The van der Waals surface area contributed by atoms with Gasteiger partial charge in [-0.05, 0) is 41.6 Å². The largest absolute Gasteiger partial charge is 0.185 e. The molecule has 0 aliphatic rings. The van der Waals surface area contributed by atoms with Crippen LogP contribution in [0, 0.1) is 10.7 Å². The zero-order chi connectivity index (χ0) is 11.1. The van der Waals surface area contributed by atoms with Crippen LogP contribution in [0.1, 0.15) is 37.3 Å². The van der Waals surface area contributed by atoms with Crippen molar-refractivity contribution in [3.63, 3.8) is 0 Å². The third-order valence-corrected chi connectivity index (χ3v) is 3.04. The lowest BCUT2D eigenvalue weighted by Crippen LogP contribution is -1.90. The lowest BCUT2D eigenvalue weighted by Gasteiger charge is -2.06. The molecule has 0 amide bonds. The number of hydrogen-bond acceptors (Lipinski definition) is 2. The summed E-state index contributed by atoms with van der Waals surface area (Å²) in [5, 5.41) is 10.5. The number of thiocyanates is 1. The minimum atomic E-state index is 0.605. The zero-order valence-electron chi connectivity index (χ0n) is 9.36. The van der Waals surface area contributed by atoms with E-state index in [4.69, 9.17) is 5.26 Å². The molecule has 0 heterocycles. The van der Waals surface area contributed by atoms with Crippen molar-refractivity contribution in [2.75, 3.05) is 5.75 Å². The molecule has 0 aromatic heterocycles. The standard InChI is InChI=1S/C13H17NS/c1-11(2)13-7-5-12(6-8-13)4-3-9-15-10-14/h5-8,11H,3-4,9H2,1-2H3. The number of aryl methyl sites for hydroxylation is 1. The van der Waals surface area contributed by atoms with Gasteiger partial charge in [0.05, 0.1) is 0 Å². The molecule has 1 nitrogen and oxygen atoms in total. The smallest absolute Gasteiger partial charge is 0.133 e. The number of nitrogens with zero attached hydrogens (tertiary/aromatic N) is 1. The molecule has 1 aromatic carbocycles. The van der Waals surface area contributed by atoms with E-state index < -0.39 is 0 Å². The molecule has 0 atom stereocenters. The third kappa shape index (κ3) is 4.40. The average molecular weight is 219 g/mol. The van der Waals surface area contributed by atoms with Gasteiger partial charge in [0, 0.05) is 5.75 Å². The van der Waals surface area contributed by atoms with E-state index in [2.05, 4.69) is 43.5 Å². The number of rotatable bonds is 5. The zero-order valence-corrected chi connectivity index (χ0v) is 10.2. The fourth-order valence-electron chi connectivity index (χ4n) is 1.46. The topological polar surface area (TPSA) is 23.8 Å². The van der Waals surface area contributed by atoms with Crippen LogP contribution in [0.5, 0.6) is 0 Å². The molecule has 1 rings (SSSR count). The maximum atomic E-state index is 8.37. The van der Waals surface area contributed by atoms with E-state index in [0.717, 1.165) is 18.6 Å². The molecule has 2 heteroatoms. The number of hydrogen-bond donors (Lipinski definition) is 0. The van der Waals surface area contributed by atoms with Crippen molar-refractivity contribution in [2.45, 2.75) is 32.6 Å². The summed E-state index contributed by atoms with van der Waals surface area (Å²) in [6, 6.07) is 8.81. The van der Waals surface area contributed by atoms with Crippen molar-refractivity contribution in [3.8, 4) is 5.40 Å². The van der Waals surface area contributed by atoms with Gasteiger partial charge < -0.3 is 0 Å². The predicted octanol–water partition coefficient (Wildman–Crippen LogP) is 3.96. The highest BCUT2D eigenvalue weighted by Gasteiger charge is 1.98. The maximum absolute atomic E-state index is 8.37. The first-order chi connectivity index (χ1) is 7.24. The van der Waals surface area contributed by atoms with Gasteiger partial charge in [-0.3, -0.25) is 0 Å². The SMILES string of the molecule is CC(C)c1ccc(CCCSC#N)cc1.